The van der Waals surface area contributed by atoms with E-state index in [-0.39, 0.29) is 37.8 Å². The molecule has 3 saturated carbocycles. The van der Waals surface area contributed by atoms with Crippen molar-refractivity contribution in [1.29, 1.82) is 0 Å². The smallest absolute Gasteiger partial charge is 0.407 e. The van der Waals surface area contributed by atoms with E-state index in [4.69, 9.17) is 4.74 Å². The Morgan fingerprint density at radius 3 is 2.17 bits per heavy atom. The highest BCUT2D eigenvalue weighted by Gasteiger charge is 2.62. The van der Waals surface area contributed by atoms with Crippen LogP contribution in [-0.4, -0.2) is 85.1 Å². The number of likely N-dealkylation sites (tertiary alicyclic amines) is 1. The lowest BCUT2D eigenvalue weighted by Crippen LogP contribution is -2.60. The van der Waals surface area contributed by atoms with Gasteiger partial charge < -0.3 is 25.6 Å². The first-order valence-electron chi connectivity index (χ1n) is 18.8. The third-order valence-electron chi connectivity index (χ3n) is 11.4. The van der Waals surface area contributed by atoms with Gasteiger partial charge in [-0.2, -0.15) is 0 Å². The minimum Gasteiger partial charge on any atom is -0.449 e. The standard InChI is InChI=1S/C40H49N5O8S/c1-5-24-20-40(24,37(49)44-54(51,52)26-16-17-26)43-35(47)32-19-25(21-45(32)36(48)34(39(2,3)4)42-33(46)18-23-14-15-23)41-38(50)53-22-31-29-12-8-6-10-27(29)28-11-7-9-13-30(28)31/h5-13,23-26,31-32,34H,1,14-22H2,2-4H3,(H,41,50)(H,42,46)(H,43,47)(H,44,49)/t24?,25-,32+,34-,40?/m1/s1. The lowest BCUT2D eigenvalue weighted by molar-refractivity contribution is -0.144. The van der Waals surface area contributed by atoms with E-state index in [1.807, 2.05) is 69.3 Å². The number of rotatable bonds is 13. The molecule has 0 spiro atoms. The van der Waals surface area contributed by atoms with Gasteiger partial charge in [-0.15, -0.1) is 6.58 Å². The second-order valence-electron chi connectivity index (χ2n) is 16.6. The molecule has 4 aliphatic carbocycles. The SMILES string of the molecule is C=CC1CC1(NC(=O)[C@@H]1C[C@@H](NC(=O)OCC2c3ccccc3-c3ccccc32)CN1C(=O)[C@@H](NC(=O)CC1CC1)C(C)(C)C)C(=O)NS(=O)(=O)C1CC1. The van der Waals surface area contributed by atoms with Crippen LogP contribution in [0.3, 0.4) is 0 Å². The van der Waals surface area contributed by atoms with Crippen LogP contribution >= 0.6 is 0 Å². The summed E-state index contributed by atoms with van der Waals surface area (Å²) < 4.78 is 33.3. The van der Waals surface area contributed by atoms with Gasteiger partial charge in [0.1, 0.15) is 24.2 Å². The van der Waals surface area contributed by atoms with E-state index in [9.17, 15) is 32.4 Å². The third kappa shape index (κ3) is 7.62. The number of benzene rings is 2. The minimum absolute atomic E-state index is 0.00845. The van der Waals surface area contributed by atoms with Crippen molar-refractivity contribution in [3.05, 3.63) is 72.3 Å². The Morgan fingerprint density at radius 2 is 1.61 bits per heavy atom. The lowest BCUT2D eigenvalue weighted by Gasteiger charge is -2.35. The van der Waals surface area contributed by atoms with Crippen LogP contribution < -0.4 is 20.7 Å². The predicted molar refractivity (Wildman–Crippen MR) is 200 cm³/mol. The summed E-state index contributed by atoms with van der Waals surface area (Å²) in [7, 11) is -3.90. The van der Waals surface area contributed by atoms with Gasteiger partial charge in [0.15, 0.2) is 0 Å². The quantitative estimate of drug-likeness (QED) is 0.224. The summed E-state index contributed by atoms with van der Waals surface area (Å²) in [5.74, 6) is -2.69. The molecular formula is C40H49N5O8S. The molecule has 0 bridgehead atoms. The molecule has 2 aromatic carbocycles. The molecule has 0 aromatic heterocycles. The molecule has 288 valence electrons. The number of amides is 5. The number of hydrogen-bond acceptors (Lipinski definition) is 8. The van der Waals surface area contributed by atoms with Crippen LogP contribution in [0, 0.1) is 17.3 Å². The topological polar surface area (TPSA) is 180 Å². The molecule has 1 aliphatic heterocycles. The molecule has 5 atom stereocenters. The maximum absolute atomic E-state index is 14.4. The molecule has 7 rings (SSSR count). The molecule has 0 radical (unpaired) electrons. The summed E-state index contributed by atoms with van der Waals surface area (Å²) in [6, 6.07) is 13.1. The first kappa shape index (κ1) is 37.6. The van der Waals surface area contributed by atoms with Crippen molar-refractivity contribution in [2.75, 3.05) is 13.2 Å². The molecule has 4 fully saturated rings. The number of hydrogen-bond donors (Lipinski definition) is 4. The van der Waals surface area contributed by atoms with E-state index >= 15 is 0 Å². The number of fused-ring (bicyclic) bond motifs is 3. The molecular weight excluding hydrogens is 711 g/mol. The number of sulfonamides is 1. The number of ether oxygens (including phenoxy) is 1. The fourth-order valence-corrected chi connectivity index (χ4v) is 9.24. The molecule has 14 heteroatoms. The summed E-state index contributed by atoms with van der Waals surface area (Å²) in [5.41, 5.74) is 1.99. The second kappa shape index (κ2) is 14.2. The van der Waals surface area contributed by atoms with Crippen LogP contribution in [0.2, 0.25) is 0 Å². The summed E-state index contributed by atoms with van der Waals surface area (Å²) in [6.07, 6.45) is 4.05. The molecule has 2 unspecified atom stereocenters. The number of carbonyl (C=O) groups is 5. The van der Waals surface area contributed by atoms with Crippen molar-refractivity contribution < 1.29 is 37.1 Å². The number of nitrogens with one attached hydrogen (secondary N) is 4. The molecule has 4 N–H and O–H groups in total. The van der Waals surface area contributed by atoms with Gasteiger partial charge in [0.2, 0.25) is 27.7 Å². The number of nitrogens with zero attached hydrogens (tertiary/aromatic N) is 1. The minimum atomic E-state index is -3.90. The second-order valence-corrected chi connectivity index (χ2v) is 18.6. The Kier molecular flexibility index (Phi) is 9.86. The Balaban J connectivity index is 1.08. The fourth-order valence-electron chi connectivity index (χ4n) is 7.88. The Bertz CT molecular complexity index is 1940. The third-order valence-corrected chi connectivity index (χ3v) is 13.2. The van der Waals surface area contributed by atoms with E-state index < -0.39 is 74.1 Å². The summed E-state index contributed by atoms with van der Waals surface area (Å²) in [4.78, 5) is 69.8. The van der Waals surface area contributed by atoms with Crippen LogP contribution in [0.25, 0.3) is 11.1 Å². The lowest BCUT2D eigenvalue weighted by atomic mass is 9.85. The van der Waals surface area contributed by atoms with Gasteiger partial charge in [-0.3, -0.25) is 23.9 Å². The zero-order valence-corrected chi connectivity index (χ0v) is 31.7. The Hall–Kier alpha value is -4.72. The first-order chi connectivity index (χ1) is 25.6. The predicted octanol–water partition coefficient (Wildman–Crippen LogP) is 3.49. The molecule has 2 aromatic rings. The normalized spacial score (nSPS) is 25.1. The van der Waals surface area contributed by atoms with Crippen LogP contribution in [0.15, 0.2) is 61.2 Å². The monoisotopic (exact) mass is 759 g/mol. The van der Waals surface area contributed by atoms with Gasteiger partial charge >= 0.3 is 6.09 Å². The molecule has 13 nitrogen and oxygen atoms in total. The van der Waals surface area contributed by atoms with Crippen molar-refractivity contribution in [2.24, 2.45) is 17.3 Å². The maximum atomic E-state index is 14.4. The summed E-state index contributed by atoms with van der Waals surface area (Å²) >= 11 is 0. The van der Waals surface area contributed by atoms with Crippen LogP contribution in [0.5, 0.6) is 0 Å². The number of carbonyl (C=O) groups excluding carboxylic acids is 5. The van der Waals surface area contributed by atoms with Crippen molar-refractivity contribution in [3.8, 4) is 11.1 Å². The van der Waals surface area contributed by atoms with Crippen LogP contribution in [-0.2, 0) is 33.9 Å². The van der Waals surface area contributed by atoms with Crippen LogP contribution in [0.1, 0.15) is 82.8 Å². The Labute approximate surface area is 316 Å². The molecule has 5 amide bonds. The molecule has 54 heavy (non-hydrogen) atoms. The van der Waals surface area contributed by atoms with Gasteiger partial charge in [0, 0.05) is 24.8 Å². The largest absolute Gasteiger partial charge is 0.449 e. The highest BCUT2D eigenvalue weighted by Crippen LogP contribution is 2.46. The Morgan fingerprint density at radius 1 is 0.981 bits per heavy atom. The van der Waals surface area contributed by atoms with Crippen LogP contribution in [0.4, 0.5) is 4.79 Å². The van der Waals surface area contributed by atoms with Gasteiger partial charge in [-0.25, -0.2) is 13.2 Å². The summed E-state index contributed by atoms with van der Waals surface area (Å²) in [5, 5.41) is 7.88. The van der Waals surface area contributed by atoms with Crippen molar-refractivity contribution in [1.82, 2.24) is 25.6 Å². The van der Waals surface area contributed by atoms with Gasteiger partial charge in [0.25, 0.3) is 5.91 Å². The average Bonchev–Trinajstić information content (AvgIpc) is 4.05. The molecule has 5 aliphatic rings. The maximum Gasteiger partial charge on any atom is 0.407 e. The number of alkyl carbamates (subject to hydrolysis) is 1. The van der Waals surface area contributed by atoms with Crippen molar-refractivity contribution >= 4 is 39.7 Å². The summed E-state index contributed by atoms with van der Waals surface area (Å²) in [6.45, 7) is 9.24. The fraction of sp³-hybridized carbons (Fsp3) is 0.525. The van der Waals surface area contributed by atoms with Crippen molar-refractivity contribution in [3.63, 3.8) is 0 Å². The van der Waals surface area contributed by atoms with E-state index in [1.54, 1.807) is 0 Å². The van der Waals surface area contributed by atoms with E-state index in [0.29, 0.717) is 25.2 Å². The molecule has 1 heterocycles. The van der Waals surface area contributed by atoms with Gasteiger partial charge in [0.05, 0.1) is 11.3 Å². The van der Waals surface area contributed by atoms with E-state index in [1.165, 1.54) is 11.0 Å². The van der Waals surface area contributed by atoms with Crippen molar-refractivity contribution in [2.45, 2.75) is 101 Å². The first-order valence-corrected chi connectivity index (χ1v) is 20.4. The zero-order valence-electron chi connectivity index (χ0n) is 30.9. The molecule has 1 saturated heterocycles. The zero-order chi connectivity index (χ0) is 38.6. The van der Waals surface area contributed by atoms with Gasteiger partial charge in [-0.1, -0.05) is 75.4 Å². The highest BCUT2D eigenvalue weighted by molar-refractivity contribution is 7.91. The van der Waals surface area contributed by atoms with E-state index in [0.717, 1.165) is 35.1 Å². The van der Waals surface area contributed by atoms with Gasteiger partial charge in [-0.05, 0) is 72.1 Å². The highest BCUT2D eigenvalue weighted by atomic mass is 32.2. The average molecular weight is 760 g/mol. The van der Waals surface area contributed by atoms with E-state index in [2.05, 4.69) is 27.3 Å².